The zero-order valence-corrected chi connectivity index (χ0v) is 12.1. The van der Waals surface area contributed by atoms with Crippen molar-refractivity contribution in [3.63, 3.8) is 0 Å². The van der Waals surface area contributed by atoms with E-state index in [0.717, 1.165) is 25.1 Å². The van der Waals surface area contributed by atoms with Crippen LogP contribution in [-0.2, 0) is 9.84 Å². The van der Waals surface area contributed by atoms with Gasteiger partial charge in [-0.25, -0.2) is 8.42 Å². The normalized spacial score (nSPS) is 20.5. The molecule has 0 unspecified atom stereocenters. The van der Waals surface area contributed by atoms with Gasteiger partial charge in [-0.3, -0.25) is 0 Å². The molecule has 0 bridgehead atoms. The molecule has 1 atom stereocenters. The average molecular weight is 283 g/mol. The van der Waals surface area contributed by atoms with Gasteiger partial charge in [0.05, 0.1) is 16.8 Å². The van der Waals surface area contributed by atoms with E-state index < -0.39 is 9.84 Å². The number of anilines is 1. The van der Waals surface area contributed by atoms with E-state index in [0.29, 0.717) is 17.9 Å². The molecule has 0 spiro atoms. The zero-order chi connectivity index (χ0) is 13.9. The highest BCUT2D eigenvalue weighted by atomic mass is 32.2. The van der Waals surface area contributed by atoms with Crippen LogP contribution in [0.1, 0.15) is 26.2 Å². The predicted molar refractivity (Wildman–Crippen MR) is 76.2 cm³/mol. The maximum atomic E-state index is 11.9. The Morgan fingerprint density at radius 2 is 2.00 bits per heavy atom. The van der Waals surface area contributed by atoms with Gasteiger partial charge in [-0.15, -0.1) is 0 Å². The van der Waals surface area contributed by atoms with Crippen LogP contribution in [0.4, 0.5) is 5.69 Å². The lowest BCUT2D eigenvalue weighted by atomic mass is 10.1. The van der Waals surface area contributed by atoms with Crippen LogP contribution in [0.2, 0.25) is 0 Å². The molecule has 1 aromatic carbocycles. The van der Waals surface area contributed by atoms with Crippen LogP contribution in [0.25, 0.3) is 0 Å². The number of nitrogens with zero attached hydrogens (tertiary/aromatic N) is 1. The van der Waals surface area contributed by atoms with E-state index in [-0.39, 0.29) is 11.9 Å². The lowest BCUT2D eigenvalue weighted by molar-refractivity contribution is 0.154. The Balaban J connectivity index is 2.14. The van der Waals surface area contributed by atoms with Crippen molar-refractivity contribution in [2.45, 2.75) is 37.2 Å². The van der Waals surface area contributed by atoms with Crippen LogP contribution in [0.15, 0.2) is 29.2 Å². The lowest BCUT2D eigenvalue weighted by Gasteiger charge is -2.32. The fourth-order valence-electron chi connectivity index (χ4n) is 2.44. The molecule has 0 saturated carbocycles. The van der Waals surface area contributed by atoms with Gasteiger partial charge in [-0.2, -0.15) is 0 Å². The van der Waals surface area contributed by atoms with E-state index in [1.54, 1.807) is 12.1 Å². The van der Waals surface area contributed by atoms with Crippen molar-refractivity contribution in [3.8, 4) is 0 Å². The summed E-state index contributed by atoms with van der Waals surface area (Å²) in [4.78, 5) is 2.49. The highest BCUT2D eigenvalue weighted by Crippen LogP contribution is 2.22. The number of β-amino-alcohol motifs (C(OH)–C–C–N with tert-alkyl or cyclic N) is 1. The van der Waals surface area contributed by atoms with Crippen LogP contribution < -0.4 is 4.90 Å². The molecule has 1 aliphatic heterocycles. The fraction of sp³-hybridized carbons (Fsp3) is 0.571. The quantitative estimate of drug-likeness (QED) is 0.916. The van der Waals surface area contributed by atoms with Crippen molar-refractivity contribution in [1.29, 1.82) is 0 Å². The third-order valence-corrected chi connectivity index (χ3v) is 5.37. The van der Waals surface area contributed by atoms with Gasteiger partial charge in [0.1, 0.15) is 0 Å². The second kappa shape index (κ2) is 5.92. The third kappa shape index (κ3) is 3.48. The minimum Gasteiger partial charge on any atom is -0.391 e. The van der Waals surface area contributed by atoms with Crippen LogP contribution in [0, 0.1) is 0 Å². The lowest BCUT2D eigenvalue weighted by Crippen LogP contribution is -2.38. The molecule has 19 heavy (non-hydrogen) atoms. The van der Waals surface area contributed by atoms with E-state index in [9.17, 15) is 13.5 Å². The van der Waals surface area contributed by atoms with Crippen molar-refractivity contribution in [2.24, 2.45) is 0 Å². The third-order valence-electron chi connectivity index (χ3n) is 3.43. The number of piperidine rings is 1. The van der Waals surface area contributed by atoms with E-state index in [1.165, 1.54) is 0 Å². The summed E-state index contributed by atoms with van der Waals surface area (Å²) >= 11 is 0. The molecule has 1 heterocycles. The average Bonchev–Trinajstić information content (AvgIpc) is 2.39. The molecule has 0 radical (unpaired) electrons. The molecule has 0 aromatic heterocycles. The molecule has 106 valence electrons. The Hall–Kier alpha value is -1.07. The first kappa shape index (κ1) is 14.3. The maximum Gasteiger partial charge on any atom is 0.178 e. The molecule has 1 fully saturated rings. The van der Waals surface area contributed by atoms with E-state index >= 15 is 0 Å². The summed E-state index contributed by atoms with van der Waals surface area (Å²) in [5.74, 6) is 0.189. The summed E-state index contributed by atoms with van der Waals surface area (Å²) in [7, 11) is -3.14. The number of hydrogen-bond donors (Lipinski definition) is 1. The summed E-state index contributed by atoms with van der Waals surface area (Å²) in [5.41, 5.74) is 0.981. The second-order valence-corrected chi connectivity index (χ2v) is 7.16. The monoisotopic (exact) mass is 283 g/mol. The molecular formula is C14H21NO3S. The SMILES string of the molecule is CCCS(=O)(=O)c1ccc(N2CCC[C@H](O)C2)cc1. The Bertz CT molecular complexity index is 510. The number of aliphatic hydroxyl groups excluding tert-OH is 1. The first-order valence-electron chi connectivity index (χ1n) is 6.79. The van der Waals surface area contributed by atoms with Gasteiger partial charge in [0.25, 0.3) is 0 Å². The summed E-state index contributed by atoms with van der Waals surface area (Å²) in [6.07, 6.45) is 2.16. The molecular weight excluding hydrogens is 262 g/mol. The van der Waals surface area contributed by atoms with Gasteiger partial charge in [0.15, 0.2) is 9.84 Å². The Kier molecular flexibility index (Phi) is 4.47. The van der Waals surface area contributed by atoms with Crippen molar-refractivity contribution < 1.29 is 13.5 Å². The van der Waals surface area contributed by atoms with Crippen molar-refractivity contribution in [1.82, 2.24) is 0 Å². The fourth-order valence-corrected chi connectivity index (χ4v) is 3.76. The van der Waals surface area contributed by atoms with Gasteiger partial charge in [0, 0.05) is 18.8 Å². The molecule has 1 aliphatic rings. The summed E-state index contributed by atoms with van der Waals surface area (Å²) in [6, 6.07) is 7.00. The Morgan fingerprint density at radius 3 is 2.58 bits per heavy atom. The zero-order valence-electron chi connectivity index (χ0n) is 11.2. The van der Waals surface area contributed by atoms with Crippen LogP contribution in [0.3, 0.4) is 0 Å². The topological polar surface area (TPSA) is 57.6 Å². The largest absolute Gasteiger partial charge is 0.391 e. The van der Waals surface area contributed by atoms with E-state index in [2.05, 4.69) is 4.90 Å². The highest BCUT2D eigenvalue weighted by Gasteiger charge is 2.19. The smallest absolute Gasteiger partial charge is 0.178 e. The van der Waals surface area contributed by atoms with Crippen molar-refractivity contribution in [3.05, 3.63) is 24.3 Å². The van der Waals surface area contributed by atoms with Crippen molar-refractivity contribution in [2.75, 3.05) is 23.7 Å². The molecule has 1 N–H and O–H groups in total. The number of benzene rings is 1. The summed E-state index contributed by atoms with van der Waals surface area (Å²) < 4.78 is 23.8. The summed E-state index contributed by atoms with van der Waals surface area (Å²) in [6.45, 7) is 3.40. The molecule has 0 amide bonds. The van der Waals surface area contributed by atoms with Gasteiger partial charge in [-0.05, 0) is 43.5 Å². The summed E-state index contributed by atoms with van der Waals surface area (Å²) in [5, 5.41) is 9.66. The number of aliphatic hydroxyl groups is 1. The van der Waals surface area contributed by atoms with Gasteiger partial charge in [-0.1, -0.05) is 6.92 Å². The minimum atomic E-state index is -3.14. The Labute approximate surface area is 115 Å². The Morgan fingerprint density at radius 1 is 1.32 bits per heavy atom. The van der Waals surface area contributed by atoms with Gasteiger partial charge in [0.2, 0.25) is 0 Å². The van der Waals surface area contributed by atoms with Gasteiger partial charge < -0.3 is 10.0 Å². The maximum absolute atomic E-state index is 11.9. The highest BCUT2D eigenvalue weighted by molar-refractivity contribution is 7.91. The number of rotatable bonds is 4. The number of sulfone groups is 1. The first-order chi connectivity index (χ1) is 9.03. The van der Waals surface area contributed by atoms with Gasteiger partial charge >= 0.3 is 0 Å². The first-order valence-corrected chi connectivity index (χ1v) is 8.44. The molecule has 1 aromatic rings. The van der Waals surface area contributed by atoms with Crippen molar-refractivity contribution >= 4 is 15.5 Å². The van der Waals surface area contributed by atoms with E-state index in [1.807, 2.05) is 19.1 Å². The van der Waals surface area contributed by atoms with Crippen LogP contribution in [-0.4, -0.2) is 38.5 Å². The molecule has 4 nitrogen and oxygen atoms in total. The molecule has 0 aliphatic carbocycles. The molecule has 5 heteroatoms. The second-order valence-electron chi connectivity index (χ2n) is 5.05. The molecule has 2 rings (SSSR count). The minimum absolute atomic E-state index is 0.189. The standard InChI is InChI=1S/C14H21NO3S/c1-2-10-19(17,18)14-7-5-12(6-8-14)15-9-3-4-13(16)11-15/h5-8,13,16H,2-4,9-11H2,1H3/t13-/m0/s1. The van der Waals surface area contributed by atoms with Crippen LogP contribution in [0.5, 0.6) is 0 Å². The van der Waals surface area contributed by atoms with Crippen LogP contribution >= 0.6 is 0 Å². The number of hydrogen-bond acceptors (Lipinski definition) is 4. The predicted octanol–water partition coefficient (Wildman–Crippen LogP) is 1.83. The molecule has 1 saturated heterocycles. The van der Waals surface area contributed by atoms with E-state index in [4.69, 9.17) is 0 Å².